The van der Waals surface area contributed by atoms with Crippen molar-refractivity contribution in [2.24, 2.45) is 5.73 Å². The van der Waals surface area contributed by atoms with Crippen LogP contribution in [0.3, 0.4) is 0 Å². The highest BCUT2D eigenvalue weighted by Crippen LogP contribution is 2.25. The maximum absolute atomic E-state index is 12.7. The monoisotopic (exact) mass is 368 g/mol. The van der Waals surface area contributed by atoms with Crippen molar-refractivity contribution in [2.45, 2.75) is 35.6 Å². The molecular formula is C13H21ClN2O4S2. The Morgan fingerprint density at radius 2 is 1.68 bits per heavy atom. The summed E-state index contributed by atoms with van der Waals surface area (Å²) in [4.78, 5) is 0.0706. The van der Waals surface area contributed by atoms with Gasteiger partial charge in [-0.3, -0.25) is 0 Å². The zero-order chi connectivity index (χ0) is 15.8. The molecule has 0 amide bonds. The molecule has 0 radical (unpaired) electrons. The third-order valence-corrected chi connectivity index (χ3v) is 6.86. The van der Waals surface area contributed by atoms with Gasteiger partial charge in [0.1, 0.15) is 0 Å². The molecule has 1 fully saturated rings. The molecule has 0 bridgehead atoms. The topological polar surface area (TPSA) is 97.5 Å². The summed E-state index contributed by atoms with van der Waals surface area (Å²) < 4.78 is 50.0. The van der Waals surface area contributed by atoms with Crippen LogP contribution in [-0.4, -0.2) is 46.5 Å². The highest BCUT2D eigenvalue weighted by Gasteiger charge is 2.30. The van der Waals surface area contributed by atoms with E-state index in [1.165, 1.54) is 22.5 Å². The van der Waals surface area contributed by atoms with Crippen LogP contribution >= 0.6 is 12.4 Å². The standard InChI is InChI=1S/C13H20N2O4S2.ClH/c1-10-3-4-12(20(2,16)17)9-13(10)21(18,19)15-7-5-11(14)6-8-15;/h3-4,9,11H,5-8,14H2,1-2H3;1H. The molecular weight excluding hydrogens is 348 g/mol. The van der Waals surface area contributed by atoms with Gasteiger partial charge in [0.2, 0.25) is 10.0 Å². The first-order valence-electron chi connectivity index (χ1n) is 6.69. The molecule has 126 valence electrons. The number of sulfonamides is 1. The fourth-order valence-corrected chi connectivity index (χ4v) is 4.79. The average Bonchev–Trinajstić information content (AvgIpc) is 2.38. The fourth-order valence-electron chi connectivity index (χ4n) is 2.34. The number of piperidine rings is 1. The van der Waals surface area contributed by atoms with Crippen molar-refractivity contribution < 1.29 is 16.8 Å². The number of rotatable bonds is 3. The van der Waals surface area contributed by atoms with Crippen LogP contribution in [0.25, 0.3) is 0 Å². The van der Waals surface area contributed by atoms with E-state index in [9.17, 15) is 16.8 Å². The van der Waals surface area contributed by atoms with Crippen molar-refractivity contribution >= 4 is 32.3 Å². The van der Waals surface area contributed by atoms with E-state index in [1.807, 2.05) is 0 Å². The number of sulfone groups is 1. The number of nitrogens with two attached hydrogens (primary N) is 1. The van der Waals surface area contributed by atoms with Gasteiger partial charge < -0.3 is 5.73 Å². The maximum atomic E-state index is 12.7. The molecule has 1 aromatic carbocycles. The van der Waals surface area contributed by atoms with Crippen molar-refractivity contribution in [2.75, 3.05) is 19.3 Å². The quantitative estimate of drug-likeness (QED) is 0.855. The predicted octanol–water partition coefficient (Wildman–Crippen LogP) is 0.932. The molecule has 1 aromatic rings. The first-order chi connectivity index (χ1) is 9.62. The van der Waals surface area contributed by atoms with Crippen molar-refractivity contribution in [3.05, 3.63) is 23.8 Å². The summed E-state index contributed by atoms with van der Waals surface area (Å²) in [5, 5.41) is 0. The lowest BCUT2D eigenvalue weighted by atomic mass is 10.1. The molecule has 0 aliphatic carbocycles. The molecule has 1 aliphatic heterocycles. The molecule has 0 spiro atoms. The highest BCUT2D eigenvalue weighted by molar-refractivity contribution is 7.91. The van der Waals surface area contributed by atoms with E-state index >= 15 is 0 Å². The van der Waals surface area contributed by atoms with Crippen molar-refractivity contribution in [3.8, 4) is 0 Å². The molecule has 0 atom stereocenters. The van der Waals surface area contributed by atoms with Gasteiger partial charge in [-0.25, -0.2) is 16.8 Å². The molecule has 1 aliphatic rings. The number of hydrogen-bond donors (Lipinski definition) is 1. The Kier molecular flexibility index (Phi) is 6.02. The second-order valence-electron chi connectivity index (χ2n) is 5.44. The van der Waals surface area contributed by atoms with Gasteiger partial charge in [0.05, 0.1) is 9.79 Å². The second-order valence-corrected chi connectivity index (χ2v) is 9.36. The van der Waals surface area contributed by atoms with Gasteiger partial charge in [-0.1, -0.05) is 6.07 Å². The molecule has 0 aromatic heterocycles. The summed E-state index contributed by atoms with van der Waals surface area (Å²) in [6, 6.07) is 4.23. The van der Waals surface area contributed by atoms with Crippen LogP contribution in [0, 0.1) is 6.92 Å². The lowest BCUT2D eigenvalue weighted by molar-refractivity contribution is 0.320. The number of aryl methyl sites for hydroxylation is 1. The van der Waals surface area contributed by atoms with E-state index in [4.69, 9.17) is 5.73 Å². The molecule has 6 nitrogen and oxygen atoms in total. The number of nitrogens with zero attached hydrogens (tertiary/aromatic N) is 1. The van der Waals surface area contributed by atoms with E-state index < -0.39 is 19.9 Å². The van der Waals surface area contributed by atoms with Gasteiger partial charge in [0.15, 0.2) is 9.84 Å². The van der Waals surface area contributed by atoms with Gasteiger partial charge in [-0.05, 0) is 37.5 Å². The minimum absolute atomic E-state index is 0. The van der Waals surface area contributed by atoms with Crippen LogP contribution < -0.4 is 5.73 Å². The minimum Gasteiger partial charge on any atom is -0.328 e. The molecule has 22 heavy (non-hydrogen) atoms. The summed E-state index contributed by atoms with van der Waals surface area (Å²) >= 11 is 0. The predicted molar refractivity (Wildman–Crippen MR) is 87.5 cm³/mol. The van der Waals surface area contributed by atoms with Gasteiger partial charge in [-0.15, -0.1) is 12.4 Å². The molecule has 2 rings (SSSR count). The lowest BCUT2D eigenvalue weighted by Gasteiger charge is -2.29. The summed E-state index contributed by atoms with van der Waals surface area (Å²) in [6.07, 6.45) is 2.29. The van der Waals surface area contributed by atoms with E-state index in [1.54, 1.807) is 6.92 Å². The highest BCUT2D eigenvalue weighted by atomic mass is 35.5. The molecule has 1 saturated heterocycles. The lowest BCUT2D eigenvalue weighted by Crippen LogP contribution is -2.42. The van der Waals surface area contributed by atoms with Gasteiger partial charge in [0, 0.05) is 25.4 Å². The van der Waals surface area contributed by atoms with Crippen LogP contribution in [0.5, 0.6) is 0 Å². The minimum atomic E-state index is -3.69. The van der Waals surface area contributed by atoms with Gasteiger partial charge >= 0.3 is 0 Å². The Bertz CT molecular complexity index is 739. The van der Waals surface area contributed by atoms with E-state index in [-0.39, 0.29) is 28.2 Å². The maximum Gasteiger partial charge on any atom is 0.243 e. The van der Waals surface area contributed by atoms with E-state index in [2.05, 4.69) is 0 Å². The molecule has 0 saturated carbocycles. The average molecular weight is 369 g/mol. The summed E-state index contributed by atoms with van der Waals surface area (Å²) in [6.45, 7) is 2.40. The summed E-state index contributed by atoms with van der Waals surface area (Å²) in [7, 11) is -7.13. The Hall–Kier alpha value is -0.670. The third-order valence-electron chi connectivity index (χ3n) is 3.70. The van der Waals surface area contributed by atoms with Gasteiger partial charge in [-0.2, -0.15) is 4.31 Å². The smallest absolute Gasteiger partial charge is 0.243 e. The molecule has 9 heteroatoms. The Balaban J connectivity index is 0.00000242. The number of benzene rings is 1. The SMILES string of the molecule is Cc1ccc(S(C)(=O)=O)cc1S(=O)(=O)N1CCC(N)CC1.Cl. The number of halogens is 1. The molecule has 2 N–H and O–H groups in total. The number of hydrogen-bond acceptors (Lipinski definition) is 5. The summed E-state index contributed by atoms with van der Waals surface area (Å²) in [5.74, 6) is 0. The van der Waals surface area contributed by atoms with Crippen LogP contribution in [0.2, 0.25) is 0 Å². The van der Waals surface area contributed by atoms with Gasteiger partial charge in [0.25, 0.3) is 0 Å². The van der Waals surface area contributed by atoms with E-state index in [0.717, 1.165) is 6.26 Å². The Labute approximate surface area is 138 Å². The zero-order valence-electron chi connectivity index (χ0n) is 12.5. The first kappa shape index (κ1) is 19.4. The van der Waals surface area contributed by atoms with Crippen molar-refractivity contribution in [1.82, 2.24) is 4.31 Å². The van der Waals surface area contributed by atoms with Crippen LogP contribution in [0.15, 0.2) is 28.0 Å². The fraction of sp³-hybridized carbons (Fsp3) is 0.538. The second kappa shape index (κ2) is 6.84. The summed E-state index contributed by atoms with van der Waals surface area (Å²) in [5.41, 5.74) is 6.33. The Morgan fingerprint density at radius 1 is 1.14 bits per heavy atom. The first-order valence-corrected chi connectivity index (χ1v) is 10.0. The van der Waals surface area contributed by atoms with Crippen LogP contribution in [0.4, 0.5) is 0 Å². The molecule has 1 heterocycles. The zero-order valence-corrected chi connectivity index (χ0v) is 15.0. The largest absolute Gasteiger partial charge is 0.328 e. The van der Waals surface area contributed by atoms with Crippen LogP contribution in [0.1, 0.15) is 18.4 Å². The van der Waals surface area contributed by atoms with Crippen molar-refractivity contribution in [3.63, 3.8) is 0 Å². The van der Waals surface area contributed by atoms with E-state index in [0.29, 0.717) is 31.5 Å². The van der Waals surface area contributed by atoms with Crippen molar-refractivity contribution in [1.29, 1.82) is 0 Å². The van der Waals surface area contributed by atoms with Crippen LogP contribution in [-0.2, 0) is 19.9 Å². The normalized spacial score (nSPS) is 18.0. The third kappa shape index (κ3) is 3.99. The Morgan fingerprint density at radius 3 is 2.18 bits per heavy atom. The molecule has 0 unspecified atom stereocenters.